The van der Waals surface area contributed by atoms with Crippen LogP contribution >= 0.6 is 11.3 Å². The van der Waals surface area contributed by atoms with Crippen molar-refractivity contribution in [2.75, 3.05) is 24.5 Å². The highest BCUT2D eigenvalue weighted by Gasteiger charge is 2.27. The van der Waals surface area contributed by atoms with Crippen LogP contribution in [0, 0.1) is 6.92 Å². The number of carbonyl (C=O) groups excluding carboxylic acids is 1. The zero-order chi connectivity index (χ0) is 24.3. The summed E-state index contributed by atoms with van der Waals surface area (Å²) in [4.78, 5) is 27.3. The predicted octanol–water partition coefficient (Wildman–Crippen LogP) is 4.37. The molecule has 0 unspecified atom stereocenters. The topological polar surface area (TPSA) is 112 Å². The number of aromatic nitrogens is 3. The normalized spacial score (nSPS) is 12.6. The molecule has 0 aromatic carbocycles. The van der Waals surface area contributed by atoms with Gasteiger partial charge < -0.3 is 9.47 Å². The molecule has 9 nitrogen and oxygen atoms in total. The van der Waals surface area contributed by atoms with E-state index < -0.39 is 29.6 Å². The van der Waals surface area contributed by atoms with Gasteiger partial charge in [0.2, 0.25) is 15.0 Å². The maximum absolute atomic E-state index is 12.8. The second-order valence-electron chi connectivity index (χ2n) is 9.71. The van der Waals surface area contributed by atoms with Crippen LogP contribution in [0.5, 0.6) is 0 Å². The number of rotatable bonds is 8. The van der Waals surface area contributed by atoms with Crippen molar-refractivity contribution >= 4 is 40.5 Å². The zero-order valence-corrected chi connectivity index (χ0v) is 22.6. The number of carbonyl (C=O) groups is 1. The average molecular weight is 501 g/mol. The predicted molar refractivity (Wildman–Crippen MR) is 129 cm³/mol. The lowest BCUT2D eigenvalue weighted by Gasteiger charge is -2.26. The van der Waals surface area contributed by atoms with Crippen LogP contribution < -0.4 is 4.90 Å². The summed E-state index contributed by atoms with van der Waals surface area (Å²) in [7, 11) is -4.84. The van der Waals surface area contributed by atoms with Gasteiger partial charge in [-0.05, 0) is 39.8 Å². The van der Waals surface area contributed by atoms with Crippen molar-refractivity contribution in [3.05, 3.63) is 18.0 Å². The molecule has 1 amide bonds. The third-order valence-corrected chi connectivity index (χ3v) is 7.57. The molecule has 0 N–H and O–H groups in total. The summed E-state index contributed by atoms with van der Waals surface area (Å²) in [5, 5.41) is 0.126. The van der Waals surface area contributed by atoms with E-state index in [1.807, 2.05) is 0 Å². The molecule has 0 aliphatic carbocycles. The number of amides is 1. The molecule has 0 aliphatic heterocycles. The number of nitrogens with zero attached hydrogens (tertiary/aromatic N) is 4. The van der Waals surface area contributed by atoms with Gasteiger partial charge >= 0.3 is 6.09 Å². The molecule has 12 heteroatoms. The number of aryl methyl sites for hydroxylation is 1. The van der Waals surface area contributed by atoms with Gasteiger partial charge in [0.1, 0.15) is 12.3 Å². The molecular formula is C20H32N4O5S2Si. The minimum atomic E-state index is -3.57. The SMILES string of the molecule is Cc1cc(-c2cnc(N(COCC[Si](C)(C)C)C(=O)OC(C)(C)C)s2)nc(S(C)(=O)=O)n1. The Balaban J connectivity index is 2.31. The van der Waals surface area contributed by atoms with E-state index in [4.69, 9.17) is 9.47 Å². The van der Waals surface area contributed by atoms with Crippen LogP contribution in [0.1, 0.15) is 26.5 Å². The van der Waals surface area contributed by atoms with Gasteiger partial charge in [-0.25, -0.2) is 33.1 Å². The maximum atomic E-state index is 12.8. The van der Waals surface area contributed by atoms with E-state index in [-0.39, 0.29) is 11.9 Å². The summed E-state index contributed by atoms with van der Waals surface area (Å²) < 4.78 is 35.1. The molecule has 0 saturated heterocycles. The van der Waals surface area contributed by atoms with Crippen LogP contribution in [0.2, 0.25) is 25.7 Å². The van der Waals surface area contributed by atoms with Gasteiger partial charge in [0.25, 0.3) is 0 Å². The van der Waals surface area contributed by atoms with E-state index in [0.29, 0.717) is 28.0 Å². The molecule has 0 spiro atoms. The fraction of sp³-hybridized carbons (Fsp3) is 0.600. The van der Waals surface area contributed by atoms with Crippen LogP contribution in [-0.2, 0) is 19.3 Å². The van der Waals surface area contributed by atoms with Gasteiger partial charge in [0, 0.05) is 32.8 Å². The molecule has 2 aromatic rings. The summed E-state index contributed by atoms with van der Waals surface area (Å²) in [6.07, 6.45) is 2.04. The monoisotopic (exact) mass is 500 g/mol. The number of anilines is 1. The molecule has 2 rings (SSSR count). The summed E-state index contributed by atoms with van der Waals surface area (Å²) in [6.45, 7) is 14.4. The number of hydrogen-bond donors (Lipinski definition) is 0. The van der Waals surface area contributed by atoms with E-state index in [1.165, 1.54) is 16.2 Å². The lowest BCUT2D eigenvalue weighted by molar-refractivity contribution is 0.0500. The number of hydrogen-bond acceptors (Lipinski definition) is 9. The first-order chi connectivity index (χ1) is 14.5. The van der Waals surface area contributed by atoms with E-state index in [1.54, 1.807) is 40.0 Å². The highest BCUT2D eigenvalue weighted by Crippen LogP contribution is 2.31. The molecule has 2 heterocycles. The molecule has 0 atom stereocenters. The Bertz CT molecular complexity index is 1060. The van der Waals surface area contributed by atoms with Crippen molar-refractivity contribution in [2.24, 2.45) is 0 Å². The van der Waals surface area contributed by atoms with Gasteiger partial charge in [0.05, 0.1) is 10.6 Å². The summed E-state index contributed by atoms with van der Waals surface area (Å²) in [5.74, 6) is 0. The van der Waals surface area contributed by atoms with Crippen molar-refractivity contribution in [1.29, 1.82) is 0 Å². The number of ether oxygens (including phenoxy) is 2. The number of thiazole rings is 1. The third kappa shape index (κ3) is 8.23. The highest BCUT2D eigenvalue weighted by molar-refractivity contribution is 7.90. The second kappa shape index (κ2) is 9.94. The molecule has 0 radical (unpaired) electrons. The van der Waals surface area contributed by atoms with Gasteiger partial charge in [-0.15, -0.1) is 0 Å². The molecular weight excluding hydrogens is 468 g/mol. The van der Waals surface area contributed by atoms with Gasteiger partial charge in [-0.3, -0.25) is 0 Å². The van der Waals surface area contributed by atoms with Crippen molar-refractivity contribution in [3.63, 3.8) is 0 Å². The van der Waals surface area contributed by atoms with Crippen molar-refractivity contribution in [3.8, 4) is 10.6 Å². The maximum Gasteiger partial charge on any atom is 0.418 e. The van der Waals surface area contributed by atoms with Crippen LogP contribution in [-0.4, -0.2) is 62.7 Å². The lowest BCUT2D eigenvalue weighted by Crippen LogP contribution is -2.38. The molecule has 0 saturated carbocycles. The largest absolute Gasteiger partial charge is 0.443 e. The zero-order valence-electron chi connectivity index (χ0n) is 19.9. The van der Waals surface area contributed by atoms with Gasteiger partial charge in [-0.2, -0.15) is 0 Å². The van der Waals surface area contributed by atoms with E-state index in [0.717, 1.165) is 12.3 Å². The molecule has 0 fully saturated rings. The minimum Gasteiger partial charge on any atom is -0.443 e. The summed E-state index contributed by atoms with van der Waals surface area (Å²) >= 11 is 1.20. The highest BCUT2D eigenvalue weighted by atomic mass is 32.2. The molecule has 32 heavy (non-hydrogen) atoms. The summed E-state index contributed by atoms with van der Waals surface area (Å²) in [6, 6.07) is 2.64. The second-order valence-corrected chi connectivity index (χ2v) is 18.3. The Morgan fingerprint density at radius 2 is 1.88 bits per heavy atom. The smallest absolute Gasteiger partial charge is 0.418 e. The molecule has 178 valence electrons. The first-order valence-electron chi connectivity index (χ1n) is 10.2. The average Bonchev–Trinajstić information content (AvgIpc) is 3.07. The van der Waals surface area contributed by atoms with Crippen LogP contribution in [0.15, 0.2) is 17.4 Å². The Hall–Kier alpha value is -1.89. The van der Waals surface area contributed by atoms with Gasteiger partial charge in [-0.1, -0.05) is 31.0 Å². The Labute approximate surface area is 195 Å². The van der Waals surface area contributed by atoms with E-state index >= 15 is 0 Å². The van der Waals surface area contributed by atoms with Crippen LogP contribution in [0.25, 0.3) is 10.6 Å². The fourth-order valence-electron chi connectivity index (χ4n) is 2.38. The standard InChI is InChI=1S/C20H32N4O5S2Si/c1-14-11-15(23-17(22-14)31(5,26)27)16-12-21-18(30-16)24(19(25)29-20(2,3)4)13-28-9-10-32(6,7)8/h11-12H,9-10,13H2,1-8H3. The Morgan fingerprint density at radius 1 is 1.22 bits per heavy atom. The summed E-state index contributed by atoms with van der Waals surface area (Å²) in [5.41, 5.74) is 0.261. The molecule has 2 aromatic heterocycles. The van der Waals surface area contributed by atoms with Gasteiger partial charge in [0.15, 0.2) is 5.13 Å². The molecule has 0 bridgehead atoms. The number of sulfone groups is 1. The van der Waals surface area contributed by atoms with Crippen molar-refractivity contribution in [1.82, 2.24) is 15.0 Å². The van der Waals surface area contributed by atoms with Crippen LogP contribution in [0.3, 0.4) is 0 Å². The fourth-order valence-corrected chi connectivity index (χ4v) is 4.56. The first kappa shape index (κ1) is 26.4. The van der Waals surface area contributed by atoms with E-state index in [2.05, 4.69) is 34.6 Å². The lowest BCUT2D eigenvalue weighted by atomic mass is 10.2. The van der Waals surface area contributed by atoms with Crippen molar-refractivity contribution < 1.29 is 22.7 Å². The molecule has 0 aliphatic rings. The van der Waals surface area contributed by atoms with E-state index in [9.17, 15) is 13.2 Å². The minimum absolute atomic E-state index is 0.00371. The Kier molecular flexibility index (Phi) is 8.18. The third-order valence-electron chi connectivity index (χ3n) is 3.97. The Morgan fingerprint density at radius 3 is 2.44 bits per heavy atom. The van der Waals surface area contributed by atoms with Crippen LogP contribution in [0.4, 0.5) is 9.93 Å². The quantitative estimate of drug-likeness (QED) is 0.227. The van der Waals surface area contributed by atoms with Crippen molar-refractivity contribution in [2.45, 2.75) is 64.1 Å². The first-order valence-corrected chi connectivity index (χ1v) is 16.6.